The second-order valence-corrected chi connectivity index (χ2v) is 3.12. The average Bonchev–Trinajstić information content (AvgIpc) is 2.25. The van der Waals surface area contributed by atoms with E-state index in [1.807, 2.05) is 6.07 Å². The van der Waals surface area contributed by atoms with E-state index < -0.39 is 6.29 Å². The third-order valence-electron chi connectivity index (χ3n) is 1.85. The first kappa shape index (κ1) is 11.7. The zero-order valence-corrected chi connectivity index (χ0v) is 8.30. The predicted molar refractivity (Wildman–Crippen MR) is 54.2 cm³/mol. The van der Waals surface area contributed by atoms with Gasteiger partial charge in [0.25, 0.3) is 0 Å². The Morgan fingerprint density at radius 2 is 1.93 bits per heavy atom. The molecule has 0 atom stereocenters. The Bertz CT molecular complexity index is 295. The van der Waals surface area contributed by atoms with E-state index in [1.165, 1.54) is 0 Å². The molecule has 0 saturated carbocycles. The first-order valence-electron chi connectivity index (χ1n) is 4.78. The second kappa shape index (κ2) is 6.16. The van der Waals surface area contributed by atoms with Crippen molar-refractivity contribution in [2.45, 2.75) is 19.1 Å². The monoisotopic (exact) mass is 210 g/mol. The number of rotatable bonds is 5. The standard InChI is InChI=1S/C11H14O4/c12-10(13)7-4-8-15-11(14)9-5-2-1-3-6-9/h1-3,5-6,10,12-13H,4,7-8H2. The van der Waals surface area contributed by atoms with Crippen LogP contribution in [0, 0.1) is 0 Å². The Morgan fingerprint density at radius 3 is 2.53 bits per heavy atom. The number of esters is 1. The lowest BCUT2D eigenvalue weighted by atomic mass is 10.2. The van der Waals surface area contributed by atoms with Crippen LogP contribution in [0.5, 0.6) is 0 Å². The fourth-order valence-corrected chi connectivity index (χ4v) is 1.09. The van der Waals surface area contributed by atoms with E-state index in [-0.39, 0.29) is 19.0 Å². The van der Waals surface area contributed by atoms with Gasteiger partial charge >= 0.3 is 5.97 Å². The molecule has 82 valence electrons. The van der Waals surface area contributed by atoms with Crippen molar-refractivity contribution in [1.29, 1.82) is 0 Å². The second-order valence-electron chi connectivity index (χ2n) is 3.12. The van der Waals surface area contributed by atoms with Crippen LogP contribution in [0.2, 0.25) is 0 Å². The average molecular weight is 210 g/mol. The van der Waals surface area contributed by atoms with Crippen LogP contribution in [-0.4, -0.2) is 29.1 Å². The molecular weight excluding hydrogens is 196 g/mol. The molecule has 0 aliphatic carbocycles. The molecule has 1 rings (SSSR count). The number of carbonyl (C=O) groups is 1. The SMILES string of the molecule is O=C(OCCCC(O)O)c1ccccc1. The van der Waals surface area contributed by atoms with Crippen LogP contribution in [0.15, 0.2) is 30.3 Å². The van der Waals surface area contributed by atoms with Crippen molar-refractivity contribution in [3.8, 4) is 0 Å². The lowest BCUT2D eigenvalue weighted by Crippen LogP contribution is -2.09. The highest BCUT2D eigenvalue weighted by Gasteiger charge is 2.05. The van der Waals surface area contributed by atoms with E-state index in [0.717, 1.165) is 0 Å². The summed E-state index contributed by atoms with van der Waals surface area (Å²) in [5, 5.41) is 17.1. The van der Waals surface area contributed by atoms with Crippen molar-refractivity contribution >= 4 is 5.97 Å². The first-order chi connectivity index (χ1) is 7.20. The number of aliphatic hydroxyl groups excluding tert-OH is 1. The number of benzene rings is 1. The molecule has 2 N–H and O–H groups in total. The van der Waals surface area contributed by atoms with Crippen molar-refractivity contribution in [2.24, 2.45) is 0 Å². The number of hydrogen-bond donors (Lipinski definition) is 2. The summed E-state index contributed by atoms with van der Waals surface area (Å²) in [6, 6.07) is 8.67. The van der Waals surface area contributed by atoms with Gasteiger partial charge in [0.1, 0.15) is 0 Å². The Hall–Kier alpha value is -1.39. The Labute approximate surface area is 88.1 Å². The lowest BCUT2D eigenvalue weighted by Gasteiger charge is -2.05. The van der Waals surface area contributed by atoms with Crippen LogP contribution < -0.4 is 0 Å². The maximum absolute atomic E-state index is 11.3. The molecule has 0 saturated heterocycles. The molecule has 0 aliphatic heterocycles. The first-order valence-corrected chi connectivity index (χ1v) is 4.78. The molecule has 1 aromatic rings. The van der Waals surface area contributed by atoms with Gasteiger partial charge in [-0.25, -0.2) is 4.79 Å². The zero-order chi connectivity index (χ0) is 11.1. The van der Waals surface area contributed by atoms with Gasteiger partial charge in [0, 0.05) is 6.42 Å². The molecule has 1 aromatic carbocycles. The zero-order valence-electron chi connectivity index (χ0n) is 8.30. The molecule has 0 amide bonds. The number of carbonyl (C=O) groups excluding carboxylic acids is 1. The minimum atomic E-state index is -1.33. The summed E-state index contributed by atoms with van der Waals surface area (Å²) in [5.74, 6) is -0.386. The molecule has 0 bridgehead atoms. The van der Waals surface area contributed by atoms with Crippen LogP contribution in [0.4, 0.5) is 0 Å². The molecule has 15 heavy (non-hydrogen) atoms. The molecule has 0 aromatic heterocycles. The van der Waals surface area contributed by atoms with Crippen molar-refractivity contribution in [1.82, 2.24) is 0 Å². The topological polar surface area (TPSA) is 66.8 Å². The normalized spacial score (nSPS) is 10.3. The van der Waals surface area contributed by atoms with E-state index in [1.54, 1.807) is 24.3 Å². The molecule has 4 nitrogen and oxygen atoms in total. The van der Waals surface area contributed by atoms with Gasteiger partial charge in [0.15, 0.2) is 6.29 Å². The van der Waals surface area contributed by atoms with Gasteiger partial charge in [0.2, 0.25) is 0 Å². The third-order valence-corrected chi connectivity index (χ3v) is 1.85. The van der Waals surface area contributed by atoms with Crippen LogP contribution in [0.25, 0.3) is 0 Å². The van der Waals surface area contributed by atoms with E-state index in [0.29, 0.717) is 12.0 Å². The summed E-state index contributed by atoms with van der Waals surface area (Å²) in [6.45, 7) is 0.200. The quantitative estimate of drug-likeness (QED) is 0.431. The highest BCUT2D eigenvalue weighted by molar-refractivity contribution is 5.89. The Morgan fingerprint density at radius 1 is 1.27 bits per heavy atom. The van der Waals surface area contributed by atoms with Gasteiger partial charge in [-0.3, -0.25) is 0 Å². The van der Waals surface area contributed by atoms with Gasteiger partial charge in [0.05, 0.1) is 12.2 Å². The molecule has 0 spiro atoms. The largest absolute Gasteiger partial charge is 0.462 e. The molecule has 0 aliphatic rings. The smallest absolute Gasteiger partial charge is 0.338 e. The minimum Gasteiger partial charge on any atom is -0.462 e. The van der Waals surface area contributed by atoms with E-state index >= 15 is 0 Å². The van der Waals surface area contributed by atoms with Gasteiger partial charge in [-0.05, 0) is 18.6 Å². The highest BCUT2D eigenvalue weighted by Crippen LogP contribution is 2.02. The Balaban J connectivity index is 2.25. The molecule has 0 fully saturated rings. The highest BCUT2D eigenvalue weighted by atomic mass is 16.5. The van der Waals surface area contributed by atoms with Gasteiger partial charge in [-0.2, -0.15) is 0 Å². The molecule has 0 radical (unpaired) electrons. The summed E-state index contributed by atoms with van der Waals surface area (Å²) >= 11 is 0. The fourth-order valence-electron chi connectivity index (χ4n) is 1.09. The van der Waals surface area contributed by atoms with Gasteiger partial charge in [-0.1, -0.05) is 18.2 Å². The summed E-state index contributed by atoms with van der Waals surface area (Å²) in [4.78, 5) is 11.3. The summed E-state index contributed by atoms with van der Waals surface area (Å²) in [5.41, 5.74) is 0.502. The van der Waals surface area contributed by atoms with Crippen molar-refractivity contribution in [3.05, 3.63) is 35.9 Å². The summed E-state index contributed by atoms with van der Waals surface area (Å²) in [6.07, 6.45) is -0.682. The molecule has 4 heteroatoms. The van der Waals surface area contributed by atoms with Crippen LogP contribution in [0.3, 0.4) is 0 Å². The third kappa shape index (κ3) is 4.58. The number of ether oxygens (including phenoxy) is 1. The summed E-state index contributed by atoms with van der Waals surface area (Å²) < 4.78 is 4.92. The van der Waals surface area contributed by atoms with Crippen LogP contribution in [-0.2, 0) is 4.74 Å². The predicted octanol–water partition coefficient (Wildman–Crippen LogP) is 0.934. The maximum atomic E-state index is 11.3. The maximum Gasteiger partial charge on any atom is 0.338 e. The van der Waals surface area contributed by atoms with Crippen LogP contribution in [0.1, 0.15) is 23.2 Å². The van der Waals surface area contributed by atoms with Crippen molar-refractivity contribution in [3.63, 3.8) is 0 Å². The van der Waals surface area contributed by atoms with Gasteiger partial charge < -0.3 is 14.9 Å². The Kier molecular flexibility index (Phi) is 4.80. The van der Waals surface area contributed by atoms with E-state index in [4.69, 9.17) is 14.9 Å². The minimum absolute atomic E-state index is 0.200. The van der Waals surface area contributed by atoms with E-state index in [9.17, 15) is 4.79 Å². The van der Waals surface area contributed by atoms with Gasteiger partial charge in [-0.15, -0.1) is 0 Å². The molecule has 0 heterocycles. The number of aliphatic hydroxyl groups is 2. The van der Waals surface area contributed by atoms with Crippen molar-refractivity contribution < 1.29 is 19.7 Å². The van der Waals surface area contributed by atoms with Crippen LogP contribution >= 0.6 is 0 Å². The molecule has 0 unspecified atom stereocenters. The number of hydrogen-bond acceptors (Lipinski definition) is 4. The fraction of sp³-hybridized carbons (Fsp3) is 0.364. The van der Waals surface area contributed by atoms with Crippen molar-refractivity contribution in [2.75, 3.05) is 6.61 Å². The lowest BCUT2D eigenvalue weighted by molar-refractivity contribution is -0.0493. The van der Waals surface area contributed by atoms with E-state index in [2.05, 4.69) is 0 Å². The molecular formula is C11H14O4. The summed E-state index contributed by atoms with van der Waals surface area (Å²) in [7, 11) is 0.